The minimum absolute atomic E-state index is 0.799. The first-order valence-electron chi connectivity index (χ1n) is 6.63. The highest BCUT2D eigenvalue weighted by atomic mass is 15.1. The van der Waals surface area contributed by atoms with Crippen molar-refractivity contribution in [1.82, 2.24) is 14.9 Å². The lowest BCUT2D eigenvalue weighted by Gasteiger charge is -2.12. The zero-order valence-electron chi connectivity index (χ0n) is 10.3. The number of hydrogen-bond donors (Lipinski definition) is 1. The van der Waals surface area contributed by atoms with Crippen LogP contribution in [0.1, 0.15) is 44.9 Å². The molecular weight excluding hydrogens is 198 g/mol. The quantitative estimate of drug-likeness (QED) is 0.747. The Bertz CT molecular complexity index is 300. The number of nitrogens with zero attached hydrogens (tertiary/aromatic N) is 2. The van der Waals surface area contributed by atoms with E-state index >= 15 is 0 Å². The average molecular weight is 221 g/mol. The van der Waals surface area contributed by atoms with E-state index < -0.39 is 0 Å². The molecule has 1 fully saturated rings. The lowest BCUT2D eigenvalue weighted by Crippen LogP contribution is -2.27. The topological polar surface area (TPSA) is 29.9 Å². The molecule has 2 rings (SSSR count). The zero-order valence-corrected chi connectivity index (χ0v) is 10.3. The summed E-state index contributed by atoms with van der Waals surface area (Å²) < 4.78 is 2.27. The number of hydrogen-bond acceptors (Lipinski definition) is 2. The van der Waals surface area contributed by atoms with Crippen molar-refractivity contribution in [2.45, 2.75) is 58.0 Å². The molecule has 0 spiro atoms. The third-order valence-electron chi connectivity index (χ3n) is 3.48. The van der Waals surface area contributed by atoms with Crippen molar-refractivity contribution in [2.75, 3.05) is 6.54 Å². The van der Waals surface area contributed by atoms with Gasteiger partial charge in [-0.2, -0.15) is 0 Å². The van der Waals surface area contributed by atoms with E-state index in [1.54, 1.807) is 0 Å². The minimum atomic E-state index is 0.799. The molecule has 0 atom stereocenters. The summed E-state index contributed by atoms with van der Waals surface area (Å²) in [5.41, 5.74) is 0. The second kappa shape index (κ2) is 6.04. The summed E-state index contributed by atoms with van der Waals surface area (Å²) in [6.07, 6.45) is 11.8. The molecule has 1 aliphatic carbocycles. The summed E-state index contributed by atoms with van der Waals surface area (Å²) in [7, 11) is 0. The molecule has 0 radical (unpaired) electrons. The number of imidazole rings is 1. The van der Waals surface area contributed by atoms with Crippen LogP contribution in [-0.2, 0) is 13.0 Å². The predicted octanol–water partition coefficient (Wildman–Crippen LogP) is 2.37. The molecule has 16 heavy (non-hydrogen) atoms. The second-order valence-corrected chi connectivity index (χ2v) is 4.68. The van der Waals surface area contributed by atoms with Crippen LogP contribution in [0.4, 0.5) is 0 Å². The van der Waals surface area contributed by atoms with E-state index in [4.69, 9.17) is 0 Å². The molecular formula is C13H23N3. The number of nitrogens with one attached hydrogen (secondary N) is 1. The summed E-state index contributed by atoms with van der Waals surface area (Å²) in [6, 6.07) is 0.799. The first-order chi connectivity index (χ1) is 7.90. The first kappa shape index (κ1) is 11.6. The van der Waals surface area contributed by atoms with Crippen LogP contribution in [-0.4, -0.2) is 22.1 Å². The van der Waals surface area contributed by atoms with Gasteiger partial charge in [-0.3, -0.25) is 0 Å². The van der Waals surface area contributed by atoms with Gasteiger partial charge in [0.1, 0.15) is 5.82 Å². The van der Waals surface area contributed by atoms with E-state index in [2.05, 4.69) is 28.0 Å². The van der Waals surface area contributed by atoms with Crippen LogP contribution in [0.25, 0.3) is 0 Å². The van der Waals surface area contributed by atoms with E-state index in [0.717, 1.165) is 25.6 Å². The molecule has 0 aliphatic heterocycles. The largest absolute Gasteiger partial charge is 0.335 e. The highest BCUT2D eigenvalue weighted by Crippen LogP contribution is 2.17. The monoisotopic (exact) mass is 221 g/mol. The SMILES string of the molecule is CCc1nccn1CCCNC1CCCC1. The van der Waals surface area contributed by atoms with Crippen molar-refractivity contribution in [3.63, 3.8) is 0 Å². The molecule has 0 amide bonds. The normalized spacial score (nSPS) is 17.1. The van der Waals surface area contributed by atoms with Crippen LogP contribution >= 0.6 is 0 Å². The molecule has 0 saturated heterocycles. The van der Waals surface area contributed by atoms with Gasteiger partial charge in [0.2, 0.25) is 0 Å². The van der Waals surface area contributed by atoms with Crippen molar-refractivity contribution < 1.29 is 0 Å². The van der Waals surface area contributed by atoms with Crippen LogP contribution in [0, 0.1) is 0 Å². The van der Waals surface area contributed by atoms with Gasteiger partial charge in [-0.05, 0) is 25.8 Å². The number of aryl methyl sites for hydroxylation is 2. The summed E-state index contributed by atoms with van der Waals surface area (Å²) >= 11 is 0. The van der Waals surface area contributed by atoms with Crippen molar-refractivity contribution >= 4 is 0 Å². The zero-order chi connectivity index (χ0) is 11.2. The minimum Gasteiger partial charge on any atom is -0.335 e. The molecule has 1 saturated carbocycles. The molecule has 1 heterocycles. The van der Waals surface area contributed by atoms with Gasteiger partial charge in [-0.15, -0.1) is 0 Å². The predicted molar refractivity (Wildman–Crippen MR) is 66.5 cm³/mol. The molecule has 0 aromatic carbocycles. The third kappa shape index (κ3) is 3.08. The Hall–Kier alpha value is -0.830. The first-order valence-corrected chi connectivity index (χ1v) is 6.63. The van der Waals surface area contributed by atoms with Gasteiger partial charge < -0.3 is 9.88 Å². The maximum absolute atomic E-state index is 4.33. The Balaban J connectivity index is 1.64. The van der Waals surface area contributed by atoms with Crippen molar-refractivity contribution in [3.8, 4) is 0 Å². The van der Waals surface area contributed by atoms with E-state index in [-0.39, 0.29) is 0 Å². The van der Waals surface area contributed by atoms with E-state index in [9.17, 15) is 0 Å². The van der Waals surface area contributed by atoms with E-state index in [1.165, 1.54) is 37.9 Å². The van der Waals surface area contributed by atoms with Crippen LogP contribution < -0.4 is 5.32 Å². The summed E-state index contributed by atoms with van der Waals surface area (Å²) in [6.45, 7) is 4.41. The molecule has 1 N–H and O–H groups in total. The number of aromatic nitrogens is 2. The molecule has 3 nitrogen and oxygen atoms in total. The van der Waals surface area contributed by atoms with Gasteiger partial charge in [0, 0.05) is 31.4 Å². The summed E-state index contributed by atoms with van der Waals surface area (Å²) in [5.74, 6) is 1.21. The highest BCUT2D eigenvalue weighted by molar-refractivity contribution is 4.91. The summed E-state index contributed by atoms with van der Waals surface area (Å²) in [5, 5.41) is 3.65. The molecule has 90 valence electrons. The molecule has 1 aromatic heterocycles. The van der Waals surface area contributed by atoms with E-state index in [0.29, 0.717) is 0 Å². The third-order valence-corrected chi connectivity index (χ3v) is 3.48. The van der Waals surface area contributed by atoms with Gasteiger partial charge in [0.25, 0.3) is 0 Å². The van der Waals surface area contributed by atoms with E-state index in [1.807, 2.05) is 6.20 Å². The van der Waals surface area contributed by atoms with Crippen LogP contribution in [0.15, 0.2) is 12.4 Å². The fraction of sp³-hybridized carbons (Fsp3) is 0.769. The highest BCUT2D eigenvalue weighted by Gasteiger charge is 2.13. The van der Waals surface area contributed by atoms with Crippen molar-refractivity contribution in [1.29, 1.82) is 0 Å². The maximum Gasteiger partial charge on any atom is 0.108 e. The average Bonchev–Trinajstić information content (AvgIpc) is 2.95. The van der Waals surface area contributed by atoms with Crippen LogP contribution in [0.3, 0.4) is 0 Å². The Labute approximate surface area is 98.3 Å². The van der Waals surface area contributed by atoms with Crippen molar-refractivity contribution in [2.24, 2.45) is 0 Å². The molecule has 0 unspecified atom stereocenters. The van der Waals surface area contributed by atoms with Crippen LogP contribution in [0.5, 0.6) is 0 Å². The Morgan fingerprint density at radius 3 is 3.00 bits per heavy atom. The van der Waals surface area contributed by atoms with Crippen molar-refractivity contribution in [3.05, 3.63) is 18.2 Å². The van der Waals surface area contributed by atoms with Gasteiger partial charge in [-0.1, -0.05) is 19.8 Å². The molecule has 3 heteroatoms. The Kier molecular flexibility index (Phi) is 4.40. The Morgan fingerprint density at radius 1 is 1.44 bits per heavy atom. The molecule has 1 aromatic rings. The lowest BCUT2D eigenvalue weighted by atomic mass is 10.2. The van der Waals surface area contributed by atoms with Crippen LogP contribution in [0.2, 0.25) is 0 Å². The van der Waals surface area contributed by atoms with Gasteiger partial charge in [0.15, 0.2) is 0 Å². The standard InChI is InChI=1S/C13H23N3/c1-2-13-15-9-11-16(13)10-5-8-14-12-6-3-4-7-12/h9,11-12,14H,2-8,10H2,1H3. The maximum atomic E-state index is 4.33. The number of rotatable bonds is 6. The fourth-order valence-electron chi connectivity index (χ4n) is 2.54. The van der Waals surface area contributed by atoms with Gasteiger partial charge in [0.05, 0.1) is 0 Å². The molecule has 0 bridgehead atoms. The second-order valence-electron chi connectivity index (χ2n) is 4.68. The van der Waals surface area contributed by atoms with Gasteiger partial charge >= 0.3 is 0 Å². The Morgan fingerprint density at radius 2 is 2.25 bits per heavy atom. The fourth-order valence-corrected chi connectivity index (χ4v) is 2.54. The molecule has 1 aliphatic rings. The lowest BCUT2D eigenvalue weighted by molar-refractivity contribution is 0.491. The summed E-state index contributed by atoms with van der Waals surface area (Å²) in [4.78, 5) is 4.33. The smallest absolute Gasteiger partial charge is 0.108 e. The van der Waals surface area contributed by atoms with Gasteiger partial charge in [-0.25, -0.2) is 4.98 Å².